The zero-order valence-corrected chi connectivity index (χ0v) is 17.4. The molecule has 0 saturated heterocycles. The highest BCUT2D eigenvalue weighted by Gasteiger charge is 2.41. The Morgan fingerprint density at radius 2 is 1.44 bits per heavy atom. The van der Waals surface area contributed by atoms with Gasteiger partial charge in [-0.15, -0.1) is 5.59 Å². The molecule has 2 aromatic rings. The van der Waals surface area contributed by atoms with Gasteiger partial charge in [-0.1, -0.05) is 85.1 Å². The zero-order chi connectivity index (χ0) is 18.6. The minimum absolute atomic E-state index is 0.635. The molecule has 1 aromatic heterocycles. The van der Waals surface area contributed by atoms with E-state index in [1.165, 1.54) is 35.8 Å². The zero-order valence-electron chi connectivity index (χ0n) is 17.4. The summed E-state index contributed by atoms with van der Waals surface area (Å²) in [5.74, 6) is 2.06. The van der Waals surface area contributed by atoms with Gasteiger partial charge < -0.3 is 9.30 Å². The van der Waals surface area contributed by atoms with E-state index in [9.17, 15) is 0 Å². The van der Waals surface area contributed by atoms with E-state index in [0.29, 0.717) is 24.2 Å². The lowest BCUT2D eigenvalue weighted by molar-refractivity contribution is 0.137. The van der Waals surface area contributed by atoms with Crippen LogP contribution in [0.2, 0.25) is 17.5 Å². The largest absolute Gasteiger partial charge is 0.364 e. The minimum Gasteiger partial charge on any atom is -0.364 e. The van der Waals surface area contributed by atoms with E-state index in [0.717, 1.165) is 0 Å². The average Bonchev–Trinajstić information content (AvgIpc) is 3.00. The predicted molar refractivity (Wildman–Crippen MR) is 113 cm³/mol. The average molecular weight is 342 g/mol. The van der Waals surface area contributed by atoms with E-state index in [1.807, 2.05) is 7.11 Å². The standard InChI is InChI=1S/C22H37BNO/c1-8-17(4)23(18(5)9-2,19(6)10-3)22-15-20-13-11-12-14-21(20)24(22)16-25-7/h11-15,17-19H,8-10,16H2,1-7H3/q-1. The van der Waals surface area contributed by atoms with Gasteiger partial charge in [0.1, 0.15) is 6.73 Å². The molecule has 2 rings (SSSR count). The van der Waals surface area contributed by atoms with Crippen molar-refractivity contribution in [2.75, 3.05) is 7.11 Å². The van der Waals surface area contributed by atoms with Crippen LogP contribution in [0.15, 0.2) is 30.3 Å². The van der Waals surface area contributed by atoms with Crippen LogP contribution in [0.25, 0.3) is 10.9 Å². The van der Waals surface area contributed by atoms with E-state index < -0.39 is 6.15 Å². The molecule has 0 aliphatic carbocycles. The van der Waals surface area contributed by atoms with Crippen LogP contribution in [0.4, 0.5) is 0 Å². The first-order chi connectivity index (χ1) is 12.0. The topological polar surface area (TPSA) is 14.2 Å². The monoisotopic (exact) mass is 342 g/mol. The molecule has 3 atom stereocenters. The Bertz CT molecular complexity index is 651. The highest BCUT2D eigenvalue weighted by atomic mass is 16.5. The number of fused-ring (bicyclic) bond motifs is 1. The fourth-order valence-corrected chi connectivity index (χ4v) is 5.65. The predicted octanol–water partition coefficient (Wildman–Crippen LogP) is 6.30. The van der Waals surface area contributed by atoms with Gasteiger partial charge in [-0.05, 0) is 11.5 Å². The molecule has 0 aliphatic rings. The molecule has 0 aliphatic heterocycles. The number of ether oxygens (including phenoxy) is 1. The lowest BCUT2D eigenvalue weighted by atomic mass is 9.07. The van der Waals surface area contributed by atoms with Gasteiger partial charge in [-0.2, -0.15) is 17.5 Å². The fraction of sp³-hybridized carbons (Fsp3) is 0.636. The smallest absolute Gasteiger partial charge is 0.119 e. The SMILES string of the molecule is CCC(C)[B-](c1cc2ccccc2n1COC)(C(C)CC)C(C)CC. The first kappa shape index (κ1) is 20.1. The maximum Gasteiger partial charge on any atom is 0.119 e. The number of aromatic nitrogens is 1. The molecule has 2 nitrogen and oxygen atoms in total. The molecule has 3 unspecified atom stereocenters. The van der Waals surface area contributed by atoms with Crippen molar-refractivity contribution in [2.45, 2.75) is 85.0 Å². The van der Waals surface area contributed by atoms with Crippen molar-refractivity contribution >= 4 is 22.6 Å². The summed E-state index contributed by atoms with van der Waals surface area (Å²) in [6, 6.07) is 11.2. The second-order valence-corrected chi connectivity index (χ2v) is 8.21. The summed E-state index contributed by atoms with van der Waals surface area (Å²) >= 11 is 0. The van der Waals surface area contributed by atoms with Gasteiger partial charge >= 0.3 is 0 Å². The number of rotatable bonds is 9. The Hall–Kier alpha value is -1.22. The molecule has 140 valence electrons. The minimum atomic E-state index is -0.704. The van der Waals surface area contributed by atoms with Crippen molar-refractivity contribution in [3.63, 3.8) is 0 Å². The number of hydrogen-bond acceptors (Lipinski definition) is 1. The van der Waals surface area contributed by atoms with Gasteiger partial charge in [0.25, 0.3) is 0 Å². The summed E-state index contributed by atoms with van der Waals surface area (Å²) in [5, 5.41) is 1.34. The number of benzene rings is 1. The molecule has 0 saturated carbocycles. The van der Waals surface area contributed by atoms with Crippen LogP contribution in [0.3, 0.4) is 0 Å². The van der Waals surface area contributed by atoms with E-state index in [-0.39, 0.29) is 0 Å². The van der Waals surface area contributed by atoms with Crippen LogP contribution in [0.5, 0.6) is 0 Å². The Balaban J connectivity index is 2.84. The highest BCUT2D eigenvalue weighted by molar-refractivity contribution is 6.95. The molecule has 0 bridgehead atoms. The lowest BCUT2D eigenvalue weighted by Crippen LogP contribution is -2.59. The maximum atomic E-state index is 5.64. The van der Waals surface area contributed by atoms with E-state index in [4.69, 9.17) is 4.74 Å². The van der Waals surface area contributed by atoms with Crippen LogP contribution in [0.1, 0.15) is 60.8 Å². The first-order valence-corrected chi connectivity index (χ1v) is 10.2. The van der Waals surface area contributed by atoms with E-state index >= 15 is 0 Å². The van der Waals surface area contributed by atoms with Crippen molar-refractivity contribution in [1.29, 1.82) is 0 Å². The molecule has 0 radical (unpaired) electrons. The molecule has 25 heavy (non-hydrogen) atoms. The summed E-state index contributed by atoms with van der Waals surface area (Å²) in [4.78, 5) is 0. The van der Waals surface area contributed by atoms with Gasteiger partial charge in [0.05, 0.1) is 6.15 Å². The summed E-state index contributed by atoms with van der Waals surface area (Å²) in [5.41, 5.74) is 2.83. The summed E-state index contributed by atoms with van der Waals surface area (Å²) in [6.07, 6.45) is 2.97. The van der Waals surface area contributed by atoms with Crippen LogP contribution in [-0.2, 0) is 11.5 Å². The second kappa shape index (κ2) is 8.44. The Morgan fingerprint density at radius 3 is 1.92 bits per heavy atom. The fourth-order valence-electron chi connectivity index (χ4n) is 5.65. The summed E-state index contributed by atoms with van der Waals surface area (Å²) in [7, 11) is 1.81. The van der Waals surface area contributed by atoms with Crippen LogP contribution >= 0.6 is 0 Å². The van der Waals surface area contributed by atoms with Gasteiger partial charge in [0.15, 0.2) is 0 Å². The molecule has 1 aromatic carbocycles. The van der Waals surface area contributed by atoms with Crippen molar-refractivity contribution in [3.8, 4) is 0 Å². The summed E-state index contributed by atoms with van der Waals surface area (Å²) in [6.45, 7) is 15.1. The van der Waals surface area contributed by atoms with Crippen LogP contribution < -0.4 is 5.59 Å². The van der Waals surface area contributed by atoms with Gasteiger partial charge in [0.2, 0.25) is 0 Å². The third kappa shape index (κ3) is 3.28. The van der Waals surface area contributed by atoms with E-state index in [1.54, 1.807) is 0 Å². The van der Waals surface area contributed by atoms with Crippen molar-refractivity contribution in [3.05, 3.63) is 30.3 Å². The van der Waals surface area contributed by atoms with Crippen molar-refractivity contribution in [2.24, 2.45) is 0 Å². The molecule has 0 fully saturated rings. The van der Waals surface area contributed by atoms with Crippen LogP contribution in [-0.4, -0.2) is 17.8 Å². The summed E-state index contributed by atoms with van der Waals surface area (Å²) < 4.78 is 8.10. The molecular weight excluding hydrogens is 305 g/mol. The Morgan fingerprint density at radius 1 is 0.920 bits per heavy atom. The normalized spacial score (nSPS) is 18.0. The Labute approximate surface area is 154 Å². The van der Waals surface area contributed by atoms with Crippen molar-refractivity contribution < 1.29 is 4.74 Å². The molecule has 0 spiro atoms. The van der Waals surface area contributed by atoms with Gasteiger partial charge in [-0.3, -0.25) is 0 Å². The Kier molecular flexibility index (Phi) is 6.79. The lowest BCUT2D eigenvalue weighted by Gasteiger charge is -2.55. The quantitative estimate of drug-likeness (QED) is 0.488. The molecule has 1 heterocycles. The second-order valence-electron chi connectivity index (χ2n) is 8.21. The molecular formula is C22H37BNO-. The molecule has 0 amide bonds. The highest BCUT2D eigenvalue weighted by Crippen LogP contribution is 2.46. The maximum absolute atomic E-state index is 5.64. The molecule has 0 N–H and O–H groups in total. The van der Waals surface area contributed by atoms with Crippen molar-refractivity contribution in [1.82, 2.24) is 4.57 Å². The number of hydrogen-bond donors (Lipinski definition) is 0. The van der Waals surface area contributed by atoms with Crippen LogP contribution in [0, 0.1) is 0 Å². The number of para-hydroxylation sites is 1. The molecule has 3 heteroatoms. The number of methoxy groups -OCH3 is 1. The third-order valence-electron chi connectivity index (χ3n) is 7.37. The van der Waals surface area contributed by atoms with E-state index in [2.05, 4.69) is 76.4 Å². The van der Waals surface area contributed by atoms with Gasteiger partial charge in [-0.25, -0.2) is 0 Å². The number of nitrogens with zero attached hydrogens (tertiary/aromatic N) is 1. The third-order valence-corrected chi connectivity index (χ3v) is 7.37. The first-order valence-electron chi connectivity index (χ1n) is 10.2. The van der Waals surface area contributed by atoms with Gasteiger partial charge in [0, 0.05) is 12.6 Å².